The van der Waals surface area contributed by atoms with E-state index in [1.165, 1.54) is 24.3 Å². The van der Waals surface area contributed by atoms with Gasteiger partial charge in [0.05, 0.1) is 0 Å². The number of nitrogens with two attached hydrogens (primary N) is 1. The average molecular weight is 290 g/mol. The van der Waals surface area contributed by atoms with E-state index in [2.05, 4.69) is 5.32 Å². The van der Waals surface area contributed by atoms with Crippen LogP contribution in [-0.4, -0.2) is 34.1 Å². The van der Waals surface area contributed by atoms with Gasteiger partial charge in [-0.05, 0) is 30.7 Å². The molecular weight excluding hydrogens is 275 g/mol. The maximum atomic E-state index is 11.8. The van der Waals surface area contributed by atoms with Gasteiger partial charge in [-0.25, -0.2) is 4.79 Å². The zero-order chi connectivity index (χ0) is 14.4. The zero-order valence-electron chi connectivity index (χ0n) is 12.0. The number of rotatable bonds is 6. The van der Waals surface area contributed by atoms with Crippen molar-refractivity contribution in [1.29, 1.82) is 0 Å². The van der Waals surface area contributed by atoms with Crippen LogP contribution in [0.4, 0.5) is 5.69 Å². The monoisotopic (exact) mass is 290 g/mol. The average Bonchev–Trinajstić information content (AvgIpc) is 2.34. The number of hydrogen-bond acceptors (Lipinski definition) is 4. The molecule has 1 rings (SSSR count). The molecule has 0 fully saturated rings. The summed E-state index contributed by atoms with van der Waals surface area (Å²) in [4.78, 5) is 33.1. The molecule has 5 N–H and O–H groups in total. The summed E-state index contributed by atoms with van der Waals surface area (Å²) in [5.41, 5.74) is 6.21. The van der Waals surface area contributed by atoms with Gasteiger partial charge in [0, 0.05) is 17.7 Å². The maximum absolute atomic E-state index is 11.8. The molecule has 0 radical (unpaired) electrons. The Morgan fingerprint density at radius 3 is 2.20 bits per heavy atom. The SMILES string of the molecule is Nc1ccc(C(=O)NC(CCC(=O)O)C(=O)O)cc1.[H-].[Na+]. The van der Waals surface area contributed by atoms with Crippen LogP contribution in [0.3, 0.4) is 0 Å². The Balaban J connectivity index is 0. The topological polar surface area (TPSA) is 130 Å². The van der Waals surface area contributed by atoms with E-state index in [0.29, 0.717) is 5.69 Å². The van der Waals surface area contributed by atoms with Crippen LogP contribution in [0.25, 0.3) is 0 Å². The molecule has 1 unspecified atom stereocenters. The molecule has 0 heterocycles. The first-order valence-corrected chi connectivity index (χ1v) is 5.51. The summed E-state index contributed by atoms with van der Waals surface area (Å²) in [6.07, 6.45) is -0.510. The van der Waals surface area contributed by atoms with Gasteiger partial charge in [0.15, 0.2) is 0 Å². The molecule has 0 saturated carbocycles. The van der Waals surface area contributed by atoms with Crippen LogP contribution in [0.1, 0.15) is 24.6 Å². The minimum Gasteiger partial charge on any atom is -1.00 e. The van der Waals surface area contributed by atoms with Gasteiger partial charge in [-0.3, -0.25) is 9.59 Å². The molecular formula is C12H15N2NaO5. The molecule has 0 aliphatic rings. The van der Waals surface area contributed by atoms with Crippen molar-refractivity contribution in [3.05, 3.63) is 29.8 Å². The molecule has 1 aromatic carbocycles. The number of hydrogen-bond donors (Lipinski definition) is 4. The molecule has 0 bridgehead atoms. The molecule has 1 amide bonds. The third-order valence-electron chi connectivity index (χ3n) is 2.42. The van der Waals surface area contributed by atoms with Crippen LogP contribution < -0.4 is 40.6 Å². The Hall–Kier alpha value is -1.57. The molecule has 7 nitrogen and oxygen atoms in total. The number of aliphatic carboxylic acids is 2. The van der Waals surface area contributed by atoms with Crippen molar-refractivity contribution < 1.29 is 55.6 Å². The summed E-state index contributed by atoms with van der Waals surface area (Å²) < 4.78 is 0. The van der Waals surface area contributed by atoms with Crippen molar-refractivity contribution in [2.45, 2.75) is 18.9 Å². The van der Waals surface area contributed by atoms with Crippen molar-refractivity contribution in [2.24, 2.45) is 0 Å². The summed E-state index contributed by atoms with van der Waals surface area (Å²) in [7, 11) is 0. The normalized spacial score (nSPS) is 11.0. The molecule has 8 heteroatoms. The van der Waals surface area contributed by atoms with Crippen molar-refractivity contribution in [2.75, 3.05) is 5.73 Å². The van der Waals surface area contributed by atoms with Gasteiger partial charge in [-0.2, -0.15) is 0 Å². The van der Waals surface area contributed by atoms with E-state index in [0.717, 1.165) is 0 Å². The summed E-state index contributed by atoms with van der Waals surface area (Å²) in [6.45, 7) is 0. The Labute approximate surface area is 138 Å². The van der Waals surface area contributed by atoms with E-state index in [1.54, 1.807) is 0 Å². The second kappa shape index (κ2) is 8.57. The van der Waals surface area contributed by atoms with E-state index in [-0.39, 0.29) is 49.4 Å². The summed E-state index contributed by atoms with van der Waals surface area (Å²) in [6, 6.07) is 4.71. The fourth-order valence-electron chi connectivity index (χ4n) is 1.40. The van der Waals surface area contributed by atoms with Gasteiger partial charge >= 0.3 is 41.5 Å². The van der Waals surface area contributed by atoms with Gasteiger partial charge in [-0.1, -0.05) is 0 Å². The zero-order valence-corrected chi connectivity index (χ0v) is 13.0. The Morgan fingerprint density at radius 1 is 1.20 bits per heavy atom. The van der Waals surface area contributed by atoms with Gasteiger partial charge in [-0.15, -0.1) is 0 Å². The third-order valence-corrected chi connectivity index (χ3v) is 2.42. The van der Waals surface area contributed by atoms with Crippen molar-refractivity contribution in [3.63, 3.8) is 0 Å². The van der Waals surface area contributed by atoms with Crippen LogP contribution >= 0.6 is 0 Å². The van der Waals surface area contributed by atoms with Crippen LogP contribution in [-0.2, 0) is 9.59 Å². The number of carbonyl (C=O) groups is 3. The molecule has 1 atom stereocenters. The second-order valence-electron chi connectivity index (χ2n) is 3.92. The smallest absolute Gasteiger partial charge is 1.00 e. The number of benzene rings is 1. The van der Waals surface area contributed by atoms with Crippen LogP contribution in [0, 0.1) is 0 Å². The molecule has 0 aliphatic carbocycles. The predicted molar refractivity (Wildman–Crippen MR) is 67.7 cm³/mol. The summed E-state index contributed by atoms with van der Waals surface area (Å²) in [5, 5.41) is 19.7. The van der Waals surface area contributed by atoms with Crippen LogP contribution in [0.2, 0.25) is 0 Å². The van der Waals surface area contributed by atoms with Crippen LogP contribution in [0.5, 0.6) is 0 Å². The van der Waals surface area contributed by atoms with Crippen LogP contribution in [0.15, 0.2) is 24.3 Å². The van der Waals surface area contributed by atoms with Crippen molar-refractivity contribution in [3.8, 4) is 0 Å². The third kappa shape index (κ3) is 6.05. The quantitative estimate of drug-likeness (QED) is 0.337. The first-order chi connectivity index (χ1) is 8.90. The fourth-order valence-corrected chi connectivity index (χ4v) is 1.40. The number of amides is 1. The fraction of sp³-hybridized carbons (Fsp3) is 0.250. The maximum Gasteiger partial charge on any atom is 1.00 e. The van der Waals surface area contributed by atoms with Gasteiger partial charge in [0.25, 0.3) is 5.91 Å². The summed E-state index contributed by atoms with van der Waals surface area (Å²) >= 11 is 0. The standard InChI is InChI=1S/C12H14N2O5.Na.H/c13-8-3-1-7(2-4-8)11(17)14-9(12(18)19)5-6-10(15)16;;/h1-4,9H,5-6,13H2,(H,14,17)(H,15,16)(H,18,19);;/q;+1;-1. The van der Waals surface area contributed by atoms with E-state index in [9.17, 15) is 14.4 Å². The van der Waals surface area contributed by atoms with Gasteiger partial charge < -0.3 is 22.7 Å². The van der Waals surface area contributed by atoms with Gasteiger partial charge in [0.2, 0.25) is 0 Å². The Morgan fingerprint density at radius 2 is 1.75 bits per heavy atom. The molecule has 20 heavy (non-hydrogen) atoms. The molecule has 0 spiro atoms. The largest absolute Gasteiger partial charge is 1.00 e. The second-order valence-corrected chi connectivity index (χ2v) is 3.92. The number of anilines is 1. The Kier molecular flexibility index (Phi) is 7.90. The molecule has 0 saturated heterocycles. The van der Waals surface area contributed by atoms with E-state index in [4.69, 9.17) is 15.9 Å². The van der Waals surface area contributed by atoms with Gasteiger partial charge in [0.1, 0.15) is 6.04 Å². The first kappa shape index (κ1) is 18.4. The number of nitrogens with one attached hydrogen (secondary N) is 1. The number of carbonyl (C=O) groups excluding carboxylic acids is 1. The summed E-state index contributed by atoms with van der Waals surface area (Å²) in [5.74, 6) is -2.98. The first-order valence-electron chi connectivity index (χ1n) is 5.51. The minimum atomic E-state index is -1.27. The van der Waals surface area contributed by atoms with E-state index >= 15 is 0 Å². The molecule has 1 aromatic rings. The Bertz CT molecular complexity index is 495. The number of carboxylic acid groups (broad SMARTS) is 2. The van der Waals surface area contributed by atoms with Crippen molar-refractivity contribution in [1.82, 2.24) is 5.32 Å². The minimum absolute atomic E-state index is 0. The van der Waals surface area contributed by atoms with Crippen molar-refractivity contribution >= 4 is 23.5 Å². The van der Waals surface area contributed by atoms with E-state index < -0.39 is 23.9 Å². The number of nitrogen functional groups attached to an aromatic ring is 1. The molecule has 0 aromatic heterocycles. The number of carboxylic acids is 2. The predicted octanol–water partition coefficient (Wildman–Crippen LogP) is -2.57. The molecule has 0 aliphatic heterocycles. The van der Waals surface area contributed by atoms with E-state index in [1.807, 2.05) is 0 Å². The molecule has 104 valence electrons.